The summed E-state index contributed by atoms with van der Waals surface area (Å²) in [5.41, 5.74) is 0.486. The fourth-order valence-electron chi connectivity index (χ4n) is 3.98. The van der Waals surface area contributed by atoms with E-state index in [-0.39, 0.29) is 5.91 Å². The fraction of sp³-hybridized carbons (Fsp3) is 0.621. The molecule has 218 valence electrons. The quantitative estimate of drug-likeness (QED) is 0.382. The first kappa shape index (κ1) is 31.9. The summed E-state index contributed by atoms with van der Waals surface area (Å²) in [4.78, 5) is 40.5. The van der Waals surface area contributed by atoms with Crippen LogP contribution in [0.25, 0.3) is 10.9 Å². The summed E-state index contributed by atoms with van der Waals surface area (Å²) in [6.45, 7) is 11.9. The number of amides is 2. The van der Waals surface area contributed by atoms with Gasteiger partial charge in [-0.15, -0.1) is 0 Å². The molecule has 0 spiro atoms. The van der Waals surface area contributed by atoms with Crippen LogP contribution in [0.5, 0.6) is 5.75 Å². The molecular weight excluding hydrogens is 500 g/mol. The maximum Gasteiger partial charge on any atom is 0.408 e. The van der Waals surface area contributed by atoms with Gasteiger partial charge in [-0.25, -0.2) is 9.59 Å². The van der Waals surface area contributed by atoms with Crippen molar-refractivity contribution in [3.8, 4) is 5.75 Å². The number of rotatable bonds is 11. The molecule has 2 amide bonds. The normalized spacial score (nSPS) is 12.8. The molecule has 1 atom stereocenters. The van der Waals surface area contributed by atoms with Crippen LogP contribution in [0.3, 0.4) is 0 Å². The number of nitrogens with one attached hydrogen (secondary N) is 2. The summed E-state index contributed by atoms with van der Waals surface area (Å²) in [6, 6.07) is 4.80. The van der Waals surface area contributed by atoms with E-state index in [2.05, 4.69) is 15.5 Å². The average molecular weight is 547 g/mol. The van der Waals surface area contributed by atoms with E-state index in [0.717, 1.165) is 29.4 Å². The molecule has 0 unspecified atom stereocenters. The summed E-state index contributed by atoms with van der Waals surface area (Å²) in [6.07, 6.45) is 3.03. The summed E-state index contributed by atoms with van der Waals surface area (Å²) in [5.74, 6) is 0.451. The molecule has 2 rings (SSSR count). The monoisotopic (exact) mass is 546 g/mol. The van der Waals surface area contributed by atoms with Gasteiger partial charge in [-0.05, 0) is 105 Å². The fourth-order valence-corrected chi connectivity index (χ4v) is 3.98. The van der Waals surface area contributed by atoms with Crippen LogP contribution in [0, 0.1) is 0 Å². The van der Waals surface area contributed by atoms with E-state index in [1.54, 1.807) is 53.2 Å². The molecular formula is C29H46N4O6. The van der Waals surface area contributed by atoms with Gasteiger partial charge >= 0.3 is 12.2 Å². The van der Waals surface area contributed by atoms with Crippen LogP contribution in [0.4, 0.5) is 9.59 Å². The number of alkyl carbamates (subject to hydrolysis) is 2. The topological polar surface area (TPSA) is 111 Å². The molecule has 0 aliphatic heterocycles. The summed E-state index contributed by atoms with van der Waals surface area (Å²) in [7, 11) is 5.62. The predicted molar refractivity (Wildman–Crippen MR) is 153 cm³/mol. The van der Waals surface area contributed by atoms with Crippen molar-refractivity contribution in [3.05, 3.63) is 30.0 Å². The SMILES string of the molecule is COc1ccc2c(c1)c(CCN(C)C)cn2C(=O)[C@H](CCCCNC(=O)OC(C)(C)C)NC(=O)OC(C)(C)C. The Labute approximate surface area is 232 Å². The molecule has 1 aromatic heterocycles. The second-order valence-electron chi connectivity index (χ2n) is 11.9. The molecule has 2 aromatic rings. The minimum Gasteiger partial charge on any atom is -0.497 e. The lowest BCUT2D eigenvalue weighted by molar-refractivity contribution is 0.0479. The Bertz CT molecular complexity index is 1130. The van der Waals surface area contributed by atoms with Crippen molar-refractivity contribution in [2.24, 2.45) is 0 Å². The molecule has 2 N–H and O–H groups in total. The third-order valence-corrected chi connectivity index (χ3v) is 5.74. The molecule has 0 fully saturated rings. The first-order valence-corrected chi connectivity index (χ1v) is 13.4. The van der Waals surface area contributed by atoms with Crippen molar-refractivity contribution in [3.63, 3.8) is 0 Å². The number of hydrogen-bond acceptors (Lipinski definition) is 7. The van der Waals surface area contributed by atoms with Crippen LogP contribution in [-0.4, -0.2) is 79.1 Å². The second kappa shape index (κ2) is 13.7. The van der Waals surface area contributed by atoms with E-state index < -0.39 is 29.4 Å². The molecule has 0 radical (unpaired) electrons. The third-order valence-electron chi connectivity index (χ3n) is 5.74. The standard InChI is InChI=1S/C29H46N4O6/c1-28(2,3)38-26(35)30-16-11-10-12-23(31-27(36)39-29(4,5)6)25(34)33-19-20(15-17-32(7)8)22-18-21(37-9)13-14-24(22)33/h13-14,18-19,23H,10-12,15-17H2,1-9H3,(H,30,35)(H,31,36)/t23-/m0/s1. The number of likely N-dealkylation sites (N-methyl/N-ethyl adjacent to an activating group) is 1. The van der Waals surface area contributed by atoms with Gasteiger partial charge in [0, 0.05) is 24.7 Å². The van der Waals surface area contributed by atoms with Crippen LogP contribution in [0.2, 0.25) is 0 Å². The number of methoxy groups -OCH3 is 1. The van der Waals surface area contributed by atoms with Gasteiger partial charge in [0.25, 0.3) is 5.91 Å². The summed E-state index contributed by atoms with van der Waals surface area (Å²) >= 11 is 0. The number of hydrogen-bond donors (Lipinski definition) is 2. The van der Waals surface area contributed by atoms with E-state index in [4.69, 9.17) is 14.2 Å². The number of aromatic nitrogens is 1. The number of unbranched alkanes of at least 4 members (excludes halogenated alkanes) is 1. The van der Waals surface area contributed by atoms with Crippen molar-refractivity contribution >= 4 is 29.0 Å². The number of ether oxygens (including phenoxy) is 3. The molecule has 1 aromatic carbocycles. The second-order valence-corrected chi connectivity index (χ2v) is 11.9. The van der Waals surface area contributed by atoms with E-state index >= 15 is 0 Å². The number of carbonyl (C=O) groups excluding carboxylic acids is 3. The third kappa shape index (κ3) is 10.8. The van der Waals surface area contributed by atoms with Gasteiger partial charge in [0.15, 0.2) is 0 Å². The maximum atomic E-state index is 13.9. The zero-order valence-electron chi connectivity index (χ0n) is 25.0. The molecule has 0 saturated heterocycles. The maximum absolute atomic E-state index is 13.9. The minimum atomic E-state index is -0.819. The van der Waals surface area contributed by atoms with Crippen LogP contribution in [0.1, 0.15) is 71.2 Å². The summed E-state index contributed by atoms with van der Waals surface area (Å²) in [5, 5.41) is 6.43. The van der Waals surface area contributed by atoms with Crippen LogP contribution < -0.4 is 15.4 Å². The van der Waals surface area contributed by atoms with Crippen molar-refractivity contribution in [2.45, 2.75) is 84.5 Å². The van der Waals surface area contributed by atoms with E-state index in [1.807, 2.05) is 38.5 Å². The number of nitrogens with zero attached hydrogens (tertiary/aromatic N) is 2. The summed E-state index contributed by atoms with van der Waals surface area (Å²) < 4.78 is 17.7. The van der Waals surface area contributed by atoms with Gasteiger partial charge in [-0.2, -0.15) is 0 Å². The zero-order chi connectivity index (χ0) is 29.4. The highest BCUT2D eigenvalue weighted by atomic mass is 16.6. The first-order chi connectivity index (χ1) is 18.1. The minimum absolute atomic E-state index is 0.257. The molecule has 10 heteroatoms. The number of benzene rings is 1. The van der Waals surface area contributed by atoms with Crippen molar-refractivity contribution in [2.75, 3.05) is 34.3 Å². The number of fused-ring (bicyclic) bond motifs is 1. The van der Waals surface area contributed by atoms with Gasteiger partial charge in [-0.1, -0.05) is 0 Å². The van der Waals surface area contributed by atoms with Gasteiger partial charge < -0.3 is 29.7 Å². The Hall–Kier alpha value is -3.27. The molecule has 10 nitrogen and oxygen atoms in total. The highest BCUT2D eigenvalue weighted by Gasteiger charge is 2.27. The molecule has 0 bridgehead atoms. The van der Waals surface area contributed by atoms with Gasteiger partial charge in [-0.3, -0.25) is 9.36 Å². The molecule has 0 aliphatic carbocycles. The van der Waals surface area contributed by atoms with Crippen LogP contribution in [0.15, 0.2) is 24.4 Å². The highest BCUT2D eigenvalue weighted by molar-refractivity contribution is 5.98. The smallest absolute Gasteiger partial charge is 0.408 e. The van der Waals surface area contributed by atoms with Gasteiger partial charge in [0.2, 0.25) is 0 Å². The lowest BCUT2D eigenvalue weighted by atomic mass is 10.1. The van der Waals surface area contributed by atoms with E-state index in [9.17, 15) is 14.4 Å². The Balaban J connectivity index is 2.24. The zero-order valence-corrected chi connectivity index (χ0v) is 25.0. The highest BCUT2D eigenvalue weighted by Crippen LogP contribution is 2.27. The Kier molecular flexibility index (Phi) is 11.2. The molecule has 0 aliphatic rings. The van der Waals surface area contributed by atoms with E-state index in [0.29, 0.717) is 31.6 Å². The van der Waals surface area contributed by atoms with Crippen LogP contribution >= 0.6 is 0 Å². The Morgan fingerprint density at radius 3 is 2.21 bits per heavy atom. The first-order valence-electron chi connectivity index (χ1n) is 13.4. The van der Waals surface area contributed by atoms with Crippen molar-refractivity contribution in [1.29, 1.82) is 0 Å². The molecule has 1 heterocycles. The van der Waals surface area contributed by atoms with Crippen LogP contribution in [-0.2, 0) is 15.9 Å². The van der Waals surface area contributed by atoms with Crippen molar-refractivity contribution in [1.82, 2.24) is 20.1 Å². The lowest BCUT2D eigenvalue weighted by Gasteiger charge is -2.23. The number of carbonyl (C=O) groups is 3. The molecule has 39 heavy (non-hydrogen) atoms. The largest absolute Gasteiger partial charge is 0.497 e. The van der Waals surface area contributed by atoms with E-state index in [1.165, 1.54) is 0 Å². The molecule has 0 saturated carbocycles. The Morgan fingerprint density at radius 1 is 0.974 bits per heavy atom. The Morgan fingerprint density at radius 2 is 1.62 bits per heavy atom. The van der Waals surface area contributed by atoms with Gasteiger partial charge in [0.05, 0.1) is 12.6 Å². The predicted octanol–water partition coefficient (Wildman–Crippen LogP) is 4.98. The van der Waals surface area contributed by atoms with Crippen molar-refractivity contribution < 1.29 is 28.6 Å². The average Bonchev–Trinajstić information content (AvgIpc) is 3.16. The lowest BCUT2D eigenvalue weighted by Crippen LogP contribution is -2.45. The van der Waals surface area contributed by atoms with Gasteiger partial charge in [0.1, 0.15) is 23.0 Å².